The lowest BCUT2D eigenvalue weighted by Crippen LogP contribution is -2.07. The van der Waals surface area contributed by atoms with E-state index in [1.54, 1.807) is 6.07 Å². The molecule has 1 heterocycles. The van der Waals surface area contributed by atoms with E-state index in [9.17, 15) is 0 Å². The lowest BCUT2D eigenvalue weighted by molar-refractivity contribution is 0.930. The largest absolute Gasteiger partial charge is 0.368 e. The quantitative estimate of drug-likeness (QED) is 0.805. The molecule has 0 spiro atoms. The lowest BCUT2D eigenvalue weighted by atomic mass is 10.1. The Hall–Kier alpha value is -1.39. The summed E-state index contributed by atoms with van der Waals surface area (Å²) >= 11 is 6.02. The number of halogens is 1. The Kier molecular flexibility index (Phi) is 2.70. The smallest absolute Gasteiger partial charge is 0.220 e. The van der Waals surface area contributed by atoms with Gasteiger partial charge in [0.15, 0.2) is 0 Å². The van der Waals surface area contributed by atoms with Gasteiger partial charge in [-0.2, -0.15) is 0 Å². The molecule has 0 bridgehead atoms. The van der Waals surface area contributed by atoms with Crippen molar-refractivity contribution in [1.29, 1.82) is 0 Å². The zero-order chi connectivity index (χ0) is 10.8. The summed E-state index contributed by atoms with van der Waals surface area (Å²) in [6, 6.07) is 5.57. The summed E-state index contributed by atoms with van der Waals surface area (Å²) in [6.07, 6.45) is 0.670. The van der Waals surface area contributed by atoms with Gasteiger partial charge >= 0.3 is 0 Å². The molecule has 0 aliphatic heterocycles. The Morgan fingerprint density at radius 3 is 2.80 bits per heavy atom. The number of anilines is 1. The van der Waals surface area contributed by atoms with Crippen molar-refractivity contribution < 1.29 is 0 Å². The van der Waals surface area contributed by atoms with Gasteiger partial charge in [0.25, 0.3) is 0 Å². The van der Waals surface area contributed by atoms with Crippen LogP contribution in [0, 0.1) is 0 Å². The highest BCUT2D eigenvalue weighted by Gasteiger charge is 2.07. The fourth-order valence-corrected chi connectivity index (χ4v) is 1.74. The molecule has 4 nitrogen and oxygen atoms in total. The molecule has 1 aromatic carbocycles. The van der Waals surface area contributed by atoms with Crippen LogP contribution in [-0.4, -0.2) is 16.5 Å². The molecule has 4 N–H and O–H groups in total. The number of aromatic nitrogens is 2. The number of nitrogens with zero attached hydrogens (tertiary/aromatic N) is 2. The Bertz CT molecular complexity index is 498. The first-order valence-electron chi connectivity index (χ1n) is 4.63. The molecule has 5 heteroatoms. The average Bonchev–Trinajstić information content (AvgIpc) is 2.20. The summed E-state index contributed by atoms with van der Waals surface area (Å²) in [5.74, 6) is 0.235. The monoisotopic (exact) mass is 222 g/mol. The highest BCUT2D eigenvalue weighted by molar-refractivity contribution is 6.35. The van der Waals surface area contributed by atoms with Gasteiger partial charge < -0.3 is 11.5 Å². The van der Waals surface area contributed by atoms with E-state index in [2.05, 4.69) is 9.97 Å². The number of hydrogen-bond donors (Lipinski definition) is 2. The Labute approximate surface area is 92.3 Å². The van der Waals surface area contributed by atoms with Crippen molar-refractivity contribution in [1.82, 2.24) is 9.97 Å². The first-order valence-corrected chi connectivity index (χ1v) is 5.01. The van der Waals surface area contributed by atoms with Crippen LogP contribution in [0.15, 0.2) is 18.2 Å². The molecule has 0 aliphatic rings. The van der Waals surface area contributed by atoms with Crippen LogP contribution in [0.2, 0.25) is 5.02 Å². The van der Waals surface area contributed by atoms with Gasteiger partial charge in [-0.15, -0.1) is 0 Å². The standard InChI is InChI=1S/C10H11ClN4/c11-7-3-1-2-6-8(4-5-12)14-10(13)15-9(6)7/h1-3H,4-5,12H2,(H2,13,14,15). The van der Waals surface area contributed by atoms with Gasteiger partial charge in [0.2, 0.25) is 5.95 Å². The normalized spacial score (nSPS) is 10.8. The molecule has 0 fully saturated rings. The maximum atomic E-state index is 6.02. The molecule has 0 saturated carbocycles. The number of nitrogens with two attached hydrogens (primary N) is 2. The summed E-state index contributed by atoms with van der Waals surface area (Å²) in [5, 5.41) is 1.50. The minimum absolute atomic E-state index is 0.235. The van der Waals surface area contributed by atoms with E-state index in [1.165, 1.54) is 0 Å². The number of rotatable bonds is 2. The third kappa shape index (κ3) is 1.86. The van der Waals surface area contributed by atoms with Crippen molar-refractivity contribution in [3.8, 4) is 0 Å². The molecule has 78 valence electrons. The van der Waals surface area contributed by atoms with E-state index in [1.807, 2.05) is 12.1 Å². The van der Waals surface area contributed by atoms with Crippen LogP contribution in [0.1, 0.15) is 5.69 Å². The van der Waals surface area contributed by atoms with Crippen molar-refractivity contribution in [2.45, 2.75) is 6.42 Å². The van der Waals surface area contributed by atoms with Gasteiger partial charge in [-0.25, -0.2) is 9.97 Å². The molecule has 2 aromatic rings. The van der Waals surface area contributed by atoms with Gasteiger partial charge in [0.05, 0.1) is 16.2 Å². The van der Waals surface area contributed by atoms with Crippen LogP contribution >= 0.6 is 11.6 Å². The number of hydrogen-bond acceptors (Lipinski definition) is 4. The molecule has 0 radical (unpaired) electrons. The Morgan fingerprint density at radius 1 is 1.27 bits per heavy atom. The van der Waals surface area contributed by atoms with Crippen LogP contribution in [0.25, 0.3) is 10.9 Å². The number of benzene rings is 1. The number of fused-ring (bicyclic) bond motifs is 1. The number of nitrogen functional groups attached to an aromatic ring is 1. The van der Waals surface area contributed by atoms with E-state index in [0.29, 0.717) is 23.5 Å². The maximum absolute atomic E-state index is 6.02. The van der Waals surface area contributed by atoms with Crippen molar-refractivity contribution in [2.24, 2.45) is 5.73 Å². The predicted octanol–water partition coefficient (Wildman–Crippen LogP) is 1.37. The van der Waals surface area contributed by atoms with Gasteiger partial charge in [0.1, 0.15) is 0 Å². The SMILES string of the molecule is NCCc1nc(N)nc2c(Cl)cccc12. The van der Waals surface area contributed by atoms with Gasteiger partial charge in [-0.3, -0.25) is 0 Å². The molecule has 0 saturated heterocycles. The summed E-state index contributed by atoms with van der Waals surface area (Å²) in [4.78, 5) is 8.27. The fourth-order valence-electron chi connectivity index (χ4n) is 1.53. The van der Waals surface area contributed by atoms with Crippen molar-refractivity contribution in [2.75, 3.05) is 12.3 Å². The third-order valence-electron chi connectivity index (χ3n) is 2.15. The topological polar surface area (TPSA) is 77.8 Å². The predicted molar refractivity (Wildman–Crippen MR) is 61.7 cm³/mol. The van der Waals surface area contributed by atoms with Crippen molar-refractivity contribution >= 4 is 28.5 Å². The van der Waals surface area contributed by atoms with E-state index in [0.717, 1.165) is 11.1 Å². The van der Waals surface area contributed by atoms with E-state index in [-0.39, 0.29) is 5.95 Å². The van der Waals surface area contributed by atoms with Gasteiger partial charge in [0, 0.05) is 11.8 Å². The van der Waals surface area contributed by atoms with Crippen LogP contribution in [-0.2, 0) is 6.42 Å². The Morgan fingerprint density at radius 2 is 2.07 bits per heavy atom. The zero-order valence-electron chi connectivity index (χ0n) is 8.07. The zero-order valence-corrected chi connectivity index (χ0v) is 8.83. The molecular weight excluding hydrogens is 212 g/mol. The van der Waals surface area contributed by atoms with E-state index >= 15 is 0 Å². The highest BCUT2D eigenvalue weighted by atomic mass is 35.5. The van der Waals surface area contributed by atoms with Gasteiger partial charge in [-0.05, 0) is 12.6 Å². The second-order valence-corrected chi connectivity index (χ2v) is 3.61. The molecule has 0 amide bonds. The minimum Gasteiger partial charge on any atom is -0.368 e. The first kappa shape index (κ1) is 10.1. The van der Waals surface area contributed by atoms with Crippen molar-refractivity contribution in [3.63, 3.8) is 0 Å². The average molecular weight is 223 g/mol. The molecule has 0 atom stereocenters. The van der Waals surface area contributed by atoms with Crippen LogP contribution in [0.4, 0.5) is 5.95 Å². The second kappa shape index (κ2) is 4.00. The highest BCUT2D eigenvalue weighted by Crippen LogP contribution is 2.24. The lowest BCUT2D eigenvalue weighted by Gasteiger charge is -2.06. The summed E-state index contributed by atoms with van der Waals surface area (Å²) in [7, 11) is 0. The van der Waals surface area contributed by atoms with Crippen LogP contribution in [0.3, 0.4) is 0 Å². The molecular formula is C10H11ClN4. The molecule has 0 aliphatic carbocycles. The van der Waals surface area contributed by atoms with Crippen LogP contribution < -0.4 is 11.5 Å². The molecule has 0 unspecified atom stereocenters. The molecule has 1 aromatic heterocycles. The van der Waals surface area contributed by atoms with Crippen LogP contribution in [0.5, 0.6) is 0 Å². The summed E-state index contributed by atoms with van der Waals surface area (Å²) in [6.45, 7) is 0.526. The summed E-state index contributed by atoms with van der Waals surface area (Å²) in [5.41, 5.74) is 12.6. The van der Waals surface area contributed by atoms with E-state index in [4.69, 9.17) is 23.1 Å². The first-order chi connectivity index (χ1) is 7.22. The third-order valence-corrected chi connectivity index (χ3v) is 2.46. The fraction of sp³-hybridized carbons (Fsp3) is 0.200. The second-order valence-electron chi connectivity index (χ2n) is 3.20. The summed E-state index contributed by atoms with van der Waals surface area (Å²) < 4.78 is 0. The number of para-hydroxylation sites is 1. The minimum atomic E-state index is 0.235. The van der Waals surface area contributed by atoms with Gasteiger partial charge in [-0.1, -0.05) is 23.7 Å². The molecule has 2 rings (SSSR count). The van der Waals surface area contributed by atoms with E-state index < -0.39 is 0 Å². The maximum Gasteiger partial charge on any atom is 0.220 e. The molecule has 15 heavy (non-hydrogen) atoms. The van der Waals surface area contributed by atoms with Crippen molar-refractivity contribution in [3.05, 3.63) is 28.9 Å². The Balaban J connectivity index is 2.74.